The topological polar surface area (TPSA) is 87.8 Å². The molecule has 1 aromatic heterocycles. The van der Waals surface area contributed by atoms with Crippen LogP contribution in [0.15, 0.2) is 70.0 Å². The van der Waals surface area contributed by atoms with Crippen molar-refractivity contribution in [3.8, 4) is 11.3 Å². The van der Waals surface area contributed by atoms with Crippen molar-refractivity contribution in [3.05, 3.63) is 88.0 Å². The maximum absolute atomic E-state index is 12.7. The summed E-state index contributed by atoms with van der Waals surface area (Å²) in [5.74, 6) is -0.480. The van der Waals surface area contributed by atoms with Gasteiger partial charge in [-0.2, -0.15) is 0 Å². The molecule has 1 N–H and O–H groups in total. The number of hydrogen-bond acceptors (Lipinski definition) is 5. The third-order valence-corrected chi connectivity index (χ3v) is 5.61. The number of furan rings is 1. The van der Waals surface area contributed by atoms with Crippen LogP contribution in [0, 0.1) is 6.92 Å². The Hall–Kier alpha value is -3.58. The van der Waals surface area contributed by atoms with Gasteiger partial charge in [0.25, 0.3) is 11.1 Å². The Kier molecular flexibility index (Phi) is 5.29. The van der Waals surface area contributed by atoms with Crippen LogP contribution >= 0.6 is 11.8 Å². The normalized spacial score (nSPS) is 15.2. The molecule has 150 valence electrons. The lowest BCUT2D eigenvalue weighted by Gasteiger charge is -2.11. The van der Waals surface area contributed by atoms with Gasteiger partial charge in [0.15, 0.2) is 0 Å². The van der Waals surface area contributed by atoms with Crippen molar-refractivity contribution < 1.29 is 23.9 Å². The molecule has 0 spiro atoms. The van der Waals surface area contributed by atoms with Gasteiger partial charge in [-0.15, -0.1) is 0 Å². The zero-order chi connectivity index (χ0) is 21.3. The molecule has 1 saturated heterocycles. The minimum Gasteiger partial charge on any atom is -0.478 e. The molecule has 1 aliphatic heterocycles. The summed E-state index contributed by atoms with van der Waals surface area (Å²) in [6.07, 6.45) is 1.54. The number of thioether (sulfide) groups is 1. The standard InChI is InChI=1S/C23H17NO5S/c1-14-7-8-16(22(26)27)11-18(14)19-10-9-17(29-19)12-20-21(25)24(23(28)30-20)13-15-5-3-2-4-6-15/h2-12H,13H2,1H3,(H,26,27). The fourth-order valence-corrected chi connectivity index (χ4v) is 3.95. The van der Waals surface area contributed by atoms with Crippen molar-refractivity contribution in [2.45, 2.75) is 13.5 Å². The third-order valence-electron chi connectivity index (χ3n) is 4.71. The van der Waals surface area contributed by atoms with Gasteiger partial charge in [0, 0.05) is 11.6 Å². The summed E-state index contributed by atoms with van der Waals surface area (Å²) in [5.41, 5.74) is 2.56. The molecule has 4 rings (SSSR count). The molecule has 2 amide bonds. The largest absolute Gasteiger partial charge is 0.478 e. The molecule has 1 aliphatic rings. The monoisotopic (exact) mass is 419 g/mol. The van der Waals surface area contributed by atoms with Crippen LogP contribution in [0.1, 0.15) is 27.2 Å². The summed E-state index contributed by atoms with van der Waals surface area (Å²) in [5, 5.41) is 8.88. The number of rotatable bonds is 5. The van der Waals surface area contributed by atoms with Crippen molar-refractivity contribution in [3.63, 3.8) is 0 Å². The number of aromatic carboxylic acids is 1. The van der Waals surface area contributed by atoms with E-state index < -0.39 is 5.97 Å². The van der Waals surface area contributed by atoms with Crippen molar-refractivity contribution >= 4 is 35.0 Å². The molecule has 7 heteroatoms. The van der Waals surface area contributed by atoms with Crippen LogP contribution in [0.5, 0.6) is 0 Å². The Morgan fingerprint density at radius 3 is 2.60 bits per heavy atom. The first-order valence-electron chi connectivity index (χ1n) is 9.16. The molecule has 2 heterocycles. The molecule has 0 bridgehead atoms. The summed E-state index contributed by atoms with van der Waals surface area (Å²) in [4.78, 5) is 37.7. The Balaban J connectivity index is 1.57. The van der Waals surface area contributed by atoms with E-state index in [2.05, 4.69) is 0 Å². The van der Waals surface area contributed by atoms with E-state index in [-0.39, 0.29) is 28.2 Å². The van der Waals surface area contributed by atoms with E-state index in [4.69, 9.17) is 4.42 Å². The smallest absolute Gasteiger partial charge is 0.335 e. The van der Waals surface area contributed by atoms with Gasteiger partial charge in [-0.3, -0.25) is 14.5 Å². The fourth-order valence-electron chi connectivity index (χ4n) is 3.13. The first-order chi connectivity index (χ1) is 14.4. The Morgan fingerprint density at radius 1 is 1.10 bits per heavy atom. The van der Waals surface area contributed by atoms with Crippen LogP contribution in [0.3, 0.4) is 0 Å². The zero-order valence-corrected chi connectivity index (χ0v) is 16.8. The number of benzene rings is 2. The second kappa shape index (κ2) is 8.04. The van der Waals surface area contributed by atoms with Crippen molar-refractivity contribution in [2.75, 3.05) is 0 Å². The predicted molar refractivity (Wildman–Crippen MR) is 114 cm³/mol. The highest BCUT2D eigenvalue weighted by Gasteiger charge is 2.35. The molecule has 1 fully saturated rings. The van der Waals surface area contributed by atoms with Crippen LogP contribution in [-0.2, 0) is 11.3 Å². The summed E-state index contributed by atoms with van der Waals surface area (Å²) >= 11 is 0.871. The zero-order valence-electron chi connectivity index (χ0n) is 16.0. The van der Waals surface area contributed by atoms with E-state index in [0.717, 1.165) is 22.9 Å². The number of hydrogen-bond donors (Lipinski definition) is 1. The molecule has 30 heavy (non-hydrogen) atoms. The number of carbonyl (C=O) groups is 3. The van der Waals surface area contributed by atoms with E-state index in [1.807, 2.05) is 37.3 Å². The summed E-state index contributed by atoms with van der Waals surface area (Å²) in [6.45, 7) is 2.07. The lowest BCUT2D eigenvalue weighted by molar-refractivity contribution is -0.123. The highest BCUT2D eigenvalue weighted by Crippen LogP contribution is 2.34. The van der Waals surface area contributed by atoms with E-state index >= 15 is 0 Å². The van der Waals surface area contributed by atoms with Crippen molar-refractivity contribution in [2.24, 2.45) is 0 Å². The van der Waals surface area contributed by atoms with Gasteiger partial charge < -0.3 is 9.52 Å². The van der Waals surface area contributed by atoms with Crippen LogP contribution in [0.4, 0.5) is 4.79 Å². The van der Waals surface area contributed by atoms with Gasteiger partial charge in [-0.25, -0.2) is 4.79 Å². The average Bonchev–Trinajstić information content (AvgIpc) is 3.29. The second-order valence-electron chi connectivity index (χ2n) is 6.79. The maximum atomic E-state index is 12.7. The van der Waals surface area contributed by atoms with E-state index in [1.54, 1.807) is 24.3 Å². The van der Waals surface area contributed by atoms with Gasteiger partial charge in [-0.1, -0.05) is 36.4 Å². The van der Waals surface area contributed by atoms with Crippen molar-refractivity contribution in [1.29, 1.82) is 0 Å². The van der Waals surface area contributed by atoms with Crippen LogP contribution in [0.25, 0.3) is 17.4 Å². The van der Waals surface area contributed by atoms with Gasteiger partial charge in [0.1, 0.15) is 11.5 Å². The Labute approximate surface area is 176 Å². The number of imide groups is 1. The first-order valence-corrected chi connectivity index (χ1v) is 9.97. The van der Waals surface area contributed by atoms with Gasteiger partial charge in [-0.05, 0) is 54.1 Å². The van der Waals surface area contributed by atoms with Crippen LogP contribution < -0.4 is 0 Å². The molecule has 0 unspecified atom stereocenters. The van der Waals surface area contributed by atoms with E-state index in [1.165, 1.54) is 17.0 Å². The predicted octanol–water partition coefficient (Wildman–Crippen LogP) is 5.19. The molecule has 2 aromatic carbocycles. The lowest BCUT2D eigenvalue weighted by atomic mass is 10.0. The summed E-state index contributed by atoms with van der Waals surface area (Å²) in [6, 6.07) is 17.5. The van der Waals surface area contributed by atoms with Crippen LogP contribution in [0.2, 0.25) is 0 Å². The summed E-state index contributed by atoms with van der Waals surface area (Å²) < 4.78 is 5.82. The average molecular weight is 419 g/mol. The van der Waals surface area contributed by atoms with E-state index in [9.17, 15) is 19.5 Å². The molecule has 0 radical (unpaired) electrons. The molecule has 0 aliphatic carbocycles. The van der Waals surface area contributed by atoms with Crippen molar-refractivity contribution in [1.82, 2.24) is 4.90 Å². The number of aryl methyl sites for hydroxylation is 1. The van der Waals surface area contributed by atoms with Gasteiger partial charge in [0.05, 0.1) is 17.0 Å². The molecular weight excluding hydrogens is 402 g/mol. The number of carboxylic acid groups (broad SMARTS) is 1. The fraction of sp³-hybridized carbons (Fsp3) is 0.0870. The first kappa shape index (κ1) is 19.7. The molecule has 6 nitrogen and oxygen atoms in total. The Bertz CT molecular complexity index is 1180. The Morgan fingerprint density at radius 2 is 1.87 bits per heavy atom. The molecule has 3 aromatic rings. The van der Waals surface area contributed by atoms with Gasteiger partial charge >= 0.3 is 5.97 Å². The molecule has 0 atom stereocenters. The number of carboxylic acids is 1. The second-order valence-corrected chi connectivity index (χ2v) is 7.78. The SMILES string of the molecule is Cc1ccc(C(=O)O)cc1-c1ccc(C=C2SC(=O)N(Cc3ccccc3)C2=O)o1. The highest BCUT2D eigenvalue weighted by molar-refractivity contribution is 8.18. The maximum Gasteiger partial charge on any atom is 0.335 e. The summed E-state index contributed by atoms with van der Waals surface area (Å²) in [7, 11) is 0. The van der Waals surface area contributed by atoms with E-state index in [0.29, 0.717) is 17.1 Å². The molecular formula is C23H17NO5S. The minimum atomic E-state index is -1.02. The highest BCUT2D eigenvalue weighted by atomic mass is 32.2. The quantitative estimate of drug-likeness (QED) is 0.573. The third kappa shape index (κ3) is 3.92. The van der Waals surface area contributed by atoms with Crippen LogP contribution in [-0.4, -0.2) is 27.1 Å². The number of amides is 2. The molecule has 0 saturated carbocycles. The van der Waals surface area contributed by atoms with Gasteiger partial charge in [0.2, 0.25) is 0 Å². The minimum absolute atomic E-state index is 0.163. The lowest BCUT2D eigenvalue weighted by Crippen LogP contribution is -2.27. The number of carbonyl (C=O) groups excluding carboxylic acids is 2. The number of nitrogens with zero attached hydrogens (tertiary/aromatic N) is 1.